The lowest BCUT2D eigenvalue weighted by Crippen LogP contribution is -2.06. The van der Waals surface area contributed by atoms with Crippen LogP contribution in [0.25, 0.3) is 0 Å². The van der Waals surface area contributed by atoms with Crippen LogP contribution in [0.5, 0.6) is 0 Å². The van der Waals surface area contributed by atoms with E-state index in [0.717, 1.165) is 5.69 Å². The van der Waals surface area contributed by atoms with Gasteiger partial charge in [0.1, 0.15) is 0 Å². The summed E-state index contributed by atoms with van der Waals surface area (Å²) in [7, 11) is 0. The van der Waals surface area contributed by atoms with Gasteiger partial charge in [0.05, 0.1) is 5.69 Å². The zero-order chi connectivity index (χ0) is 8.27. The number of hydrazine groups is 1. The Labute approximate surface area is 84.0 Å². The molecule has 0 aliphatic heterocycles. The van der Waals surface area contributed by atoms with Crippen molar-refractivity contribution in [3.05, 3.63) is 21.8 Å². The van der Waals surface area contributed by atoms with Gasteiger partial charge in [0, 0.05) is 8.47 Å². The summed E-state index contributed by atoms with van der Waals surface area (Å²) in [4.78, 5) is 1.23. The van der Waals surface area contributed by atoms with Crippen LogP contribution >= 0.6 is 34.4 Å². The van der Waals surface area contributed by atoms with Crippen LogP contribution in [-0.4, -0.2) is 6.26 Å². The second-order valence-electron chi connectivity index (χ2n) is 2.02. The summed E-state index contributed by atoms with van der Waals surface area (Å²) in [5, 5.41) is 0. The van der Waals surface area contributed by atoms with Gasteiger partial charge in [0.25, 0.3) is 0 Å². The van der Waals surface area contributed by atoms with E-state index in [1.54, 1.807) is 11.8 Å². The molecule has 0 spiro atoms. The van der Waals surface area contributed by atoms with Crippen molar-refractivity contribution in [2.24, 2.45) is 5.84 Å². The van der Waals surface area contributed by atoms with Crippen LogP contribution in [0, 0.1) is 3.57 Å². The zero-order valence-electron chi connectivity index (χ0n) is 6.10. The van der Waals surface area contributed by atoms with Gasteiger partial charge in [-0.25, -0.2) is 0 Å². The van der Waals surface area contributed by atoms with Crippen molar-refractivity contribution >= 4 is 40.0 Å². The summed E-state index contributed by atoms with van der Waals surface area (Å²) in [6, 6.07) is 6.14. The minimum absolute atomic E-state index is 0.959. The van der Waals surface area contributed by atoms with E-state index >= 15 is 0 Å². The predicted octanol–water partition coefficient (Wildman–Crippen LogP) is 2.30. The first-order valence-electron chi connectivity index (χ1n) is 3.07. The van der Waals surface area contributed by atoms with E-state index in [4.69, 9.17) is 5.84 Å². The standard InChI is InChI=1S/C7H9IN2S/c1-11-7-3-5(8)2-6(4-7)10-9/h2-4,10H,9H2,1H3. The molecule has 11 heavy (non-hydrogen) atoms. The highest BCUT2D eigenvalue weighted by molar-refractivity contribution is 14.1. The average Bonchev–Trinajstić information content (AvgIpc) is 2.03. The van der Waals surface area contributed by atoms with Crippen LogP contribution in [0.2, 0.25) is 0 Å². The molecule has 0 unspecified atom stereocenters. The second-order valence-corrected chi connectivity index (χ2v) is 4.15. The Hall–Kier alpha value is 0.0600. The highest BCUT2D eigenvalue weighted by Gasteiger charge is 1.95. The highest BCUT2D eigenvalue weighted by atomic mass is 127. The Bertz CT molecular complexity index is 230. The van der Waals surface area contributed by atoms with Gasteiger partial charge in [-0.3, -0.25) is 5.84 Å². The topological polar surface area (TPSA) is 38.0 Å². The number of thioether (sulfide) groups is 1. The molecule has 0 fully saturated rings. The Balaban J connectivity index is 3.02. The number of anilines is 1. The van der Waals surface area contributed by atoms with Crippen molar-refractivity contribution in [3.63, 3.8) is 0 Å². The second kappa shape index (κ2) is 4.18. The number of hydrogen-bond acceptors (Lipinski definition) is 3. The first-order valence-corrected chi connectivity index (χ1v) is 5.38. The van der Waals surface area contributed by atoms with E-state index in [1.165, 1.54) is 8.47 Å². The van der Waals surface area contributed by atoms with Crippen LogP contribution in [0.1, 0.15) is 0 Å². The smallest absolute Gasteiger partial charge is 0.0506 e. The summed E-state index contributed by atoms with van der Waals surface area (Å²) in [5.41, 5.74) is 3.58. The fourth-order valence-electron chi connectivity index (χ4n) is 0.764. The predicted molar refractivity (Wildman–Crippen MR) is 58.8 cm³/mol. The van der Waals surface area contributed by atoms with E-state index in [1.807, 2.05) is 18.4 Å². The number of nitrogens with two attached hydrogens (primary N) is 1. The third kappa shape index (κ3) is 2.53. The number of nitrogen functional groups attached to an aromatic ring is 1. The van der Waals surface area contributed by atoms with Gasteiger partial charge < -0.3 is 5.43 Å². The Morgan fingerprint density at radius 1 is 1.45 bits per heavy atom. The minimum Gasteiger partial charge on any atom is -0.324 e. The molecule has 0 bridgehead atoms. The molecule has 0 radical (unpaired) electrons. The quantitative estimate of drug-likeness (QED) is 0.378. The number of halogens is 1. The lowest BCUT2D eigenvalue weighted by Gasteiger charge is -2.02. The first-order chi connectivity index (χ1) is 5.26. The molecule has 0 atom stereocenters. The molecular formula is C7H9IN2S. The Kier molecular flexibility index (Phi) is 3.47. The van der Waals surface area contributed by atoms with Gasteiger partial charge in [0.15, 0.2) is 0 Å². The molecule has 1 aromatic carbocycles. The lowest BCUT2D eigenvalue weighted by molar-refractivity contribution is 1.31. The molecule has 0 saturated carbocycles. The van der Waals surface area contributed by atoms with Gasteiger partial charge in [-0.15, -0.1) is 11.8 Å². The van der Waals surface area contributed by atoms with Crippen LogP contribution in [0.3, 0.4) is 0 Å². The Morgan fingerprint density at radius 3 is 2.73 bits per heavy atom. The maximum absolute atomic E-state index is 5.28. The third-order valence-corrected chi connectivity index (χ3v) is 2.60. The fraction of sp³-hybridized carbons (Fsp3) is 0.143. The summed E-state index contributed by atoms with van der Waals surface area (Å²) < 4.78 is 1.20. The molecule has 0 aliphatic rings. The van der Waals surface area contributed by atoms with Gasteiger partial charge in [-0.1, -0.05) is 0 Å². The number of rotatable bonds is 2. The normalized spacial score (nSPS) is 9.73. The van der Waals surface area contributed by atoms with E-state index in [0.29, 0.717) is 0 Å². The molecule has 0 saturated heterocycles. The van der Waals surface area contributed by atoms with Crippen molar-refractivity contribution < 1.29 is 0 Å². The van der Waals surface area contributed by atoms with Gasteiger partial charge in [0.2, 0.25) is 0 Å². The molecule has 4 heteroatoms. The monoisotopic (exact) mass is 280 g/mol. The fourth-order valence-corrected chi connectivity index (χ4v) is 2.14. The molecule has 0 aliphatic carbocycles. The maximum Gasteiger partial charge on any atom is 0.0506 e. The molecule has 0 aromatic heterocycles. The van der Waals surface area contributed by atoms with Crippen LogP contribution in [0.15, 0.2) is 23.1 Å². The molecule has 2 nitrogen and oxygen atoms in total. The van der Waals surface area contributed by atoms with E-state index in [2.05, 4.69) is 34.1 Å². The Morgan fingerprint density at radius 2 is 2.18 bits per heavy atom. The SMILES string of the molecule is CSc1cc(I)cc(NN)c1. The number of hydrogen-bond donors (Lipinski definition) is 2. The molecule has 1 aromatic rings. The first kappa shape index (κ1) is 9.15. The van der Waals surface area contributed by atoms with Crippen LogP contribution in [0.4, 0.5) is 5.69 Å². The molecule has 0 amide bonds. The third-order valence-electron chi connectivity index (χ3n) is 1.27. The zero-order valence-corrected chi connectivity index (χ0v) is 9.07. The summed E-state index contributed by atoms with van der Waals surface area (Å²) in [5.74, 6) is 5.28. The summed E-state index contributed by atoms with van der Waals surface area (Å²) in [6.45, 7) is 0. The van der Waals surface area contributed by atoms with Gasteiger partial charge in [-0.05, 0) is 47.0 Å². The molecular weight excluding hydrogens is 271 g/mol. The van der Waals surface area contributed by atoms with E-state index < -0.39 is 0 Å². The lowest BCUT2D eigenvalue weighted by atomic mass is 10.3. The van der Waals surface area contributed by atoms with E-state index in [9.17, 15) is 0 Å². The average molecular weight is 280 g/mol. The number of benzene rings is 1. The number of nitrogens with one attached hydrogen (secondary N) is 1. The molecule has 1 rings (SSSR count). The van der Waals surface area contributed by atoms with Crippen LogP contribution < -0.4 is 11.3 Å². The van der Waals surface area contributed by atoms with Crippen molar-refractivity contribution in [2.75, 3.05) is 11.7 Å². The molecule has 3 N–H and O–H groups in total. The van der Waals surface area contributed by atoms with Crippen molar-refractivity contribution in [3.8, 4) is 0 Å². The highest BCUT2D eigenvalue weighted by Crippen LogP contribution is 2.22. The largest absolute Gasteiger partial charge is 0.324 e. The molecule has 0 heterocycles. The van der Waals surface area contributed by atoms with Gasteiger partial charge in [-0.2, -0.15) is 0 Å². The molecule has 60 valence electrons. The van der Waals surface area contributed by atoms with E-state index in [-0.39, 0.29) is 0 Å². The van der Waals surface area contributed by atoms with Crippen molar-refractivity contribution in [1.29, 1.82) is 0 Å². The van der Waals surface area contributed by atoms with Gasteiger partial charge >= 0.3 is 0 Å². The van der Waals surface area contributed by atoms with Crippen molar-refractivity contribution in [1.82, 2.24) is 0 Å². The maximum atomic E-state index is 5.28. The van der Waals surface area contributed by atoms with Crippen LogP contribution in [-0.2, 0) is 0 Å². The minimum atomic E-state index is 0.959. The summed E-state index contributed by atoms with van der Waals surface area (Å²) >= 11 is 3.98. The summed E-state index contributed by atoms with van der Waals surface area (Å²) in [6.07, 6.45) is 2.05. The van der Waals surface area contributed by atoms with Crippen molar-refractivity contribution in [2.45, 2.75) is 4.90 Å².